The smallest absolute Gasteiger partial charge is 0.0729 e. The van der Waals surface area contributed by atoms with Crippen molar-refractivity contribution in [3.05, 3.63) is 108 Å². The van der Waals surface area contributed by atoms with E-state index in [1.807, 2.05) is 7.05 Å². The van der Waals surface area contributed by atoms with E-state index >= 15 is 0 Å². The second-order valence-electron chi connectivity index (χ2n) is 5.55. The van der Waals surface area contributed by atoms with Crippen LogP contribution in [0.25, 0.3) is 0 Å². The van der Waals surface area contributed by atoms with Gasteiger partial charge < -0.3 is 5.32 Å². The van der Waals surface area contributed by atoms with Crippen LogP contribution in [0.15, 0.2) is 91.0 Å². The molecule has 0 radical (unpaired) electrons. The van der Waals surface area contributed by atoms with Gasteiger partial charge in [0.1, 0.15) is 0 Å². The molecule has 3 aromatic carbocycles. The third kappa shape index (κ3) is 2.81. The van der Waals surface area contributed by atoms with Gasteiger partial charge in [0.2, 0.25) is 0 Å². The zero-order valence-corrected chi connectivity index (χ0v) is 12.9. The molecule has 22 heavy (non-hydrogen) atoms. The predicted molar refractivity (Wildman–Crippen MR) is 92.9 cm³/mol. The van der Waals surface area contributed by atoms with E-state index in [0.717, 1.165) is 6.42 Å². The lowest BCUT2D eigenvalue weighted by Crippen LogP contribution is -2.43. The Bertz CT molecular complexity index is 650. The SMILES string of the molecule is CNC(Cc1ccccc1)(c1ccccc1)c1ccccc1. The Morgan fingerprint density at radius 1 is 0.636 bits per heavy atom. The van der Waals surface area contributed by atoms with E-state index < -0.39 is 0 Å². The summed E-state index contributed by atoms with van der Waals surface area (Å²) < 4.78 is 0. The maximum absolute atomic E-state index is 3.60. The van der Waals surface area contributed by atoms with Gasteiger partial charge in [-0.3, -0.25) is 0 Å². The second kappa shape index (κ2) is 6.59. The first-order valence-corrected chi connectivity index (χ1v) is 7.69. The molecule has 0 heterocycles. The molecule has 0 saturated heterocycles. The highest BCUT2D eigenvalue weighted by Crippen LogP contribution is 2.32. The van der Waals surface area contributed by atoms with Gasteiger partial charge in [-0.1, -0.05) is 91.0 Å². The predicted octanol–water partition coefficient (Wildman–Crippen LogP) is 4.39. The van der Waals surface area contributed by atoms with Crippen molar-refractivity contribution in [2.45, 2.75) is 12.0 Å². The van der Waals surface area contributed by atoms with Crippen LogP contribution in [0.3, 0.4) is 0 Å². The minimum Gasteiger partial charge on any atom is -0.307 e. The van der Waals surface area contributed by atoms with Gasteiger partial charge in [0.25, 0.3) is 0 Å². The van der Waals surface area contributed by atoms with Crippen molar-refractivity contribution in [2.75, 3.05) is 7.05 Å². The molecule has 3 aromatic rings. The highest BCUT2D eigenvalue weighted by atomic mass is 14.9. The van der Waals surface area contributed by atoms with Crippen molar-refractivity contribution >= 4 is 0 Å². The third-order valence-electron chi connectivity index (χ3n) is 4.27. The number of hydrogen-bond acceptors (Lipinski definition) is 1. The average Bonchev–Trinajstić information content (AvgIpc) is 2.62. The molecule has 1 nitrogen and oxygen atoms in total. The van der Waals surface area contributed by atoms with E-state index in [2.05, 4.69) is 96.3 Å². The van der Waals surface area contributed by atoms with Crippen LogP contribution in [-0.2, 0) is 12.0 Å². The first kappa shape index (κ1) is 14.6. The minimum atomic E-state index is -0.218. The number of benzene rings is 3. The molecule has 110 valence electrons. The quantitative estimate of drug-likeness (QED) is 0.733. The van der Waals surface area contributed by atoms with E-state index in [9.17, 15) is 0 Å². The van der Waals surface area contributed by atoms with Crippen molar-refractivity contribution in [1.29, 1.82) is 0 Å². The summed E-state index contributed by atoms with van der Waals surface area (Å²) >= 11 is 0. The summed E-state index contributed by atoms with van der Waals surface area (Å²) in [4.78, 5) is 0. The number of hydrogen-bond donors (Lipinski definition) is 1. The van der Waals surface area contributed by atoms with E-state index in [4.69, 9.17) is 0 Å². The molecule has 1 N–H and O–H groups in total. The van der Waals surface area contributed by atoms with Gasteiger partial charge in [-0.2, -0.15) is 0 Å². The summed E-state index contributed by atoms with van der Waals surface area (Å²) in [5.41, 5.74) is 3.67. The van der Waals surface area contributed by atoms with Crippen LogP contribution in [0.4, 0.5) is 0 Å². The second-order valence-corrected chi connectivity index (χ2v) is 5.55. The van der Waals surface area contributed by atoms with Crippen molar-refractivity contribution in [2.24, 2.45) is 0 Å². The van der Waals surface area contributed by atoms with Crippen LogP contribution >= 0.6 is 0 Å². The van der Waals surface area contributed by atoms with Crippen LogP contribution < -0.4 is 5.32 Å². The number of rotatable bonds is 5. The highest BCUT2D eigenvalue weighted by Gasteiger charge is 2.32. The Balaban J connectivity index is 2.13. The maximum atomic E-state index is 3.60. The number of nitrogens with one attached hydrogen (secondary N) is 1. The maximum Gasteiger partial charge on any atom is 0.0729 e. The van der Waals surface area contributed by atoms with Gasteiger partial charge in [-0.15, -0.1) is 0 Å². The summed E-state index contributed by atoms with van der Waals surface area (Å²) in [5, 5.41) is 3.60. The van der Waals surface area contributed by atoms with Crippen molar-refractivity contribution in [3.63, 3.8) is 0 Å². The van der Waals surface area contributed by atoms with E-state index in [1.165, 1.54) is 16.7 Å². The Hall–Kier alpha value is -2.38. The topological polar surface area (TPSA) is 12.0 Å². The van der Waals surface area contributed by atoms with Crippen LogP contribution in [-0.4, -0.2) is 7.05 Å². The van der Waals surface area contributed by atoms with Crippen LogP contribution in [0, 0.1) is 0 Å². The molecule has 0 aliphatic carbocycles. The van der Waals surface area contributed by atoms with Gasteiger partial charge in [0.15, 0.2) is 0 Å². The minimum absolute atomic E-state index is 0.218. The van der Waals surface area contributed by atoms with E-state index in [0.29, 0.717) is 0 Å². The molecule has 1 heteroatoms. The Kier molecular flexibility index (Phi) is 4.36. The van der Waals surface area contributed by atoms with Gasteiger partial charge in [0.05, 0.1) is 5.54 Å². The summed E-state index contributed by atoms with van der Waals surface area (Å²) in [6.07, 6.45) is 0.915. The largest absolute Gasteiger partial charge is 0.307 e. The summed E-state index contributed by atoms with van der Waals surface area (Å²) in [7, 11) is 2.04. The van der Waals surface area contributed by atoms with Crippen molar-refractivity contribution in [1.82, 2.24) is 5.32 Å². The highest BCUT2D eigenvalue weighted by molar-refractivity contribution is 5.40. The summed E-state index contributed by atoms with van der Waals surface area (Å²) in [5.74, 6) is 0. The summed E-state index contributed by atoms with van der Waals surface area (Å²) in [6.45, 7) is 0. The Labute approximate surface area is 132 Å². The molecule has 0 unspecified atom stereocenters. The molecular formula is C21H21N. The monoisotopic (exact) mass is 287 g/mol. The molecule has 0 amide bonds. The lowest BCUT2D eigenvalue weighted by Gasteiger charge is -2.35. The molecular weight excluding hydrogens is 266 g/mol. The zero-order chi connectivity index (χ0) is 15.3. The molecule has 0 atom stereocenters. The molecule has 0 fully saturated rings. The normalized spacial score (nSPS) is 11.3. The van der Waals surface area contributed by atoms with Crippen LogP contribution in [0.1, 0.15) is 16.7 Å². The Morgan fingerprint density at radius 2 is 1.05 bits per heavy atom. The number of likely N-dealkylation sites (N-methyl/N-ethyl adjacent to an activating group) is 1. The Morgan fingerprint density at radius 3 is 1.45 bits per heavy atom. The van der Waals surface area contributed by atoms with Crippen molar-refractivity contribution < 1.29 is 0 Å². The van der Waals surface area contributed by atoms with E-state index in [1.54, 1.807) is 0 Å². The van der Waals surface area contributed by atoms with Gasteiger partial charge in [0, 0.05) is 0 Å². The molecule has 0 aromatic heterocycles. The van der Waals surface area contributed by atoms with Crippen LogP contribution in [0.5, 0.6) is 0 Å². The molecule has 0 aliphatic heterocycles. The first-order valence-electron chi connectivity index (χ1n) is 7.69. The van der Waals surface area contributed by atoms with Crippen molar-refractivity contribution in [3.8, 4) is 0 Å². The van der Waals surface area contributed by atoms with Crippen LogP contribution in [0.2, 0.25) is 0 Å². The fourth-order valence-corrected chi connectivity index (χ4v) is 3.10. The first-order chi connectivity index (χ1) is 10.8. The van der Waals surface area contributed by atoms with Gasteiger partial charge in [-0.05, 0) is 30.2 Å². The molecule has 0 aliphatic rings. The average molecular weight is 287 g/mol. The lowest BCUT2D eigenvalue weighted by atomic mass is 9.78. The van der Waals surface area contributed by atoms with Gasteiger partial charge in [-0.25, -0.2) is 0 Å². The van der Waals surface area contributed by atoms with E-state index in [-0.39, 0.29) is 5.54 Å². The third-order valence-corrected chi connectivity index (χ3v) is 4.27. The van der Waals surface area contributed by atoms with Gasteiger partial charge >= 0.3 is 0 Å². The fraction of sp³-hybridized carbons (Fsp3) is 0.143. The molecule has 0 spiro atoms. The molecule has 0 saturated carbocycles. The summed E-state index contributed by atoms with van der Waals surface area (Å²) in [6, 6.07) is 32.0. The lowest BCUT2D eigenvalue weighted by molar-refractivity contribution is 0.435. The zero-order valence-electron chi connectivity index (χ0n) is 12.9. The standard InChI is InChI=1S/C21H21N/c1-22-21(19-13-7-3-8-14-19,20-15-9-4-10-16-20)17-18-11-5-2-6-12-18/h2-16,22H,17H2,1H3. The fourth-order valence-electron chi connectivity index (χ4n) is 3.10. The molecule has 0 bridgehead atoms. The molecule has 3 rings (SSSR count).